The zero-order valence-electron chi connectivity index (χ0n) is 20.1. The average molecular weight is 551 g/mol. The molecular weight excluding hydrogens is 511 g/mol. The summed E-state index contributed by atoms with van der Waals surface area (Å²) >= 11 is 0. The summed E-state index contributed by atoms with van der Waals surface area (Å²) in [6.07, 6.45) is 7.38. The van der Waals surface area contributed by atoms with E-state index in [9.17, 15) is 0 Å². The van der Waals surface area contributed by atoms with Crippen molar-refractivity contribution in [3.05, 3.63) is 18.1 Å². The molecule has 0 aliphatic carbocycles. The third-order valence-corrected chi connectivity index (χ3v) is 6.82. The Morgan fingerprint density at radius 3 is 1.06 bits per heavy atom. The minimum atomic E-state index is 0. The van der Waals surface area contributed by atoms with Crippen LogP contribution in [0.1, 0.15) is 80.1 Å². The van der Waals surface area contributed by atoms with Crippen molar-refractivity contribution in [2.45, 2.75) is 98.2 Å². The first-order chi connectivity index (χ1) is 14.3. The number of rotatable bonds is 0. The molecule has 6 unspecified atom stereocenters. The molecule has 6 aliphatic rings. The number of fused-ring (bicyclic) bond motifs is 3. The van der Waals surface area contributed by atoms with Crippen molar-refractivity contribution >= 4 is 17.5 Å². The Bertz CT molecular complexity index is 624. The standard InChI is InChI=1S/3C8H13N2.La/c3*1-5-3-7-4-6(2)10-8(7)9-5;/h3*5,7H,3-4H2,1-2H3,(H,9,10);/q3*-1;+3. The van der Waals surface area contributed by atoms with Crippen molar-refractivity contribution in [1.82, 2.24) is 16.0 Å². The van der Waals surface area contributed by atoms with Crippen molar-refractivity contribution in [1.29, 1.82) is 0 Å². The molecule has 6 rings (SSSR count). The van der Waals surface area contributed by atoms with Gasteiger partial charge in [0.1, 0.15) is 0 Å². The largest absolute Gasteiger partial charge is 3.00 e. The van der Waals surface area contributed by atoms with Gasteiger partial charge in [0, 0.05) is 18.1 Å². The van der Waals surface area contributed by atoms with Gasteiger partial charge in [-0.2, -0.15) is 0 Å². The summed E-state index contributed by atoms with van der Waals surface area (Å²) in [5.74, 6) is 5.92. The van der Waals surface area contributed by atoms with Gasteiger partial charge in [0.2, 0.25) is 0 Å². The van der Waals surface area contributed by atoms with E-state index in [1.165, 1.54) is 74.2 Å². The molecule has 0 aromatic rings. The summed E-state index contributed by atoms with van der Waals surface area (Å²) in [4.78, 5) is 13.3. The molecule has 0 aromatic carbocycles. The third kappa shape index (κ3) is 6.17. The van der Waals surface area contributed by atoms with Gasteiger partial charge in [-0.3, -0.25) is 0 Å². The molecule has 6 atom stereocenters. The number of amidine groups is 3. The molecule has 0 bridgehead atoms. The third-order valence-electron chi connectivity index (χ3n) is 6.82. The summed E-state index contributed by atoms with van der Waals surface area (Å²) in [7, 11) is 0. The van der Waals surface area contributed by atoms with E-state index in [4.69, 9.17) is 0 Å². The molecule has 31 heavy (non-hydrogen) atoms. The second kappa shape index (κ2) is 10.4. The zero-order valence-corrected chi connectivity index (χ0v) is 23.8. The van der Waals surface area contributed by atoms with Gasteiger partial charge in [0.15, 0.2) is 0 Å². The first-order valence-corrected chi connectivity index (χ1v) is 11.8. The summed E-state index contributed by atoms with van der Waals surface area (Å²) < 4.78 is 0. The van der Waals surface area contributed by atoms with Crippen LogP contribution in [-0.4, -0.2) is 35.6 Å². The van der Waals surface area contributed by atoms with Crippen molar-refractivity contribution in [3.8, 4) is 0 Å². The summed E-state index contributed by atoms with van der Waals surface area (Å²) in [5, 5.41) is 10.1. The molecule has 168 valence electrons. The van der Waals surface area contributed by atoms with Crippen LogP contribution < -0.4 is 16.0 Å². The fourth-order valence-electron chi connectivity index (χ4n) is 5.64. The minimum absolute atomic E-state index is 0. The summed E-state index contributed by atoms with van der Waals surface area (Å²) in [6.45, 7) is 13.0. The smallest absolute Gasteiger partial charge is 0.448 e. The van der Waals surface area contributed by atoms with Gasteiger partial charge in [0.25, 0.3) is 0 Å². The van der Waals surface area contributed by atoms with Crippen LogP contribution in [-0.2, 0) is 0 Å². The van der Waals surface area contributed by atoms with Gasteiger partial charge in [-0.15, -0.1) is 18.1 Å². The summed E-state index contributed by atoms with van der Waals surface area (Å²) in [5.41, 5.74) is 0. The monoisotopic (exact) mass is 550 g/mol. The van der Waals surface area contributed by atoms with E-state index in [1.54, 1.807) is 0 Å². The number of hydrogen-bond acceptors (Lipinski definition) is 6. The fourth-order valence-corrected chi connectivity index (χ4v) is 5.64. The van der Waals surface area contributed by atoms with Gasteiger partial charge in [-0.25, -0.2) is 0 Å². The Labute approximate surface area is 217 Å². The van der Waals surface area contributed by atoms with E-state index in [-0.39, 0.29) is 35.6 Å². The molecule has 3 fully saturated rings. The van der Waals surface area contributed by atoms with Gasteiger partial charge >= 0.3 is 35.6 Å². The molecule has 0 aromatic heterocycles. The Morgan fingerprint density at radius 1 is 0.581 bits per heavy atom. The second-order valence-electron chi connectivity index (χ2n) is 10.2. The molecular formula is C24H39LaN6. The Morgan fingerprint density at radius 2 is 0.839 bits per heavy atom. The van der Waals surface area contributed by atoms with E-state index >= 15 is 0 Å². The molecule has 6 nitrogen and oxygen atoms in total. The predicted octanol–water partition coefficient (Wildman–Crippen LogP) is 4.02. The van der Waals surface area contributed by atoms with E-state index in [0.717, 1.165) is 17.8 Å². The molecule has 0 radical (unpaired) electrons. The maximum Gasteiger partial charge on any atom is 3.00 e. The van der Waals surface area contributed by atoms with Crippen molar-refractivity contribution in [2.24, 2.45) is 32.7 Å². The molecule has 0 spiro atoms. The normalized spacial score (nSPS) is 36.2. The Kier molecular flexibility index (Phi) is 8.36. The van der Waals surface area contributed by atoms with Crippen molar-refractivity contribution < 1.29 is 35.6 Å². The molecule has 0 amide bonds. The molecule has 6 heterocycles. The van der Waals surface area contributed by atoms with E-state index in [0.29, 0.717) is 18.1 Å². The number of nitrogens with one attached hydrogen (secondary N) is 3. The van der Waals surface area contributed by atoms with Gasteiger partial charge in [0.05, 0.1) is 0 Å². The first kappa shape index (κ1) is 24.8. The zero-order chi connectivity index (χ0) is 21.4. The van der Waals surface area contributed by atoms with Crippen LogP contribution in [0, 0.1) is 71.5 Å². The van der Waals surface area contributed by atoms with Gasteiger partial charge in [-0.05, 0) is 40.0 Å². The van der Waals surface area contributed by atoms with E-state index in [1.807, 2.05) is 0 Å². The first-order valence-electron chi connectivity index (χ1n) is 11.8. The minimum Gasteiger partial charge on any atom is -0.448 e. The van der Waals surface area contributed by atoms with Crippen LogP contribution in [0.4, 0.5) is 0 Å². The van der Waals surface area contributed by atoms with Crippen molar-refractivity contribution in [2.75, 3.05) is 0 Å². The van der Waals surface area contributed by atoms with E-state index in [2.05, 4.69) is 72.5 Å². The summed E-state index contributed by atoms with van der Waals surface area (Å²) in [6, 6.07) is 5.82. The number of nitrogens with zero attached hydrogens (tertiary/aromatic N) is 3. The van der Waals surface area contributed by atoms with Crippen LogP contribution in [0.15, 0.2) is 15.0 Å². The van der Waals surface area contributed by atoms with Gasteiger partial charge in [-0.1, -0.05) is 75.3 Å². The molecule has 7 heteroatoms. The van der Waals surface area contributed by atoms with Crippen molar-refractivity contribution in [3.63, 3.8) is 0 Å². The van der Waals surface area contributed by atoms with Gasteiger partial charge < -0.3 is 30.9 Å². The van der Waals surface area contributed by atoms with Crippen LogP contribution in [0.3, 0.4) is 0 Å². The van der Waals surface area contributed by atoms with Crippen LogP contribution in [0.2, 0.25) is 0 Å². The number of hydrogen-bond donors (Lipinski definition) is 3. The van der Waals surface area contributed by atoms with Crippen LogP contribution in [0.25, 0.3) is 0 Å². The van der Waals surface area contributed by atoms with Crippen LogP contribution >= 0.6 is 0 Å². The SMILES string of the molecule is C[C-]1CC2CC(C)NC2=N1.C[C-]1CC2CC(C)NC2=N1.C[C-]1CC2CC(C)NC2=N1.[La+3]. The molecule has 3 saturated heterocycles. The second-order valence-corrected chi connectivity index (χ2v) is 10.2. The molecule has 3 N–H and O–H groups in total. The average Bonchev–Trinajstić information content (AvgIpc) is 3.41. The Balaban J connectivity index is 0.000000130. The maximum atomic E-state index is 4.42. The molecule has 6 aliphatic heterocycles. The van der Waals surface area contributed by atoms with Crippen LogP contribution in [0.5, 0.6) is 0 Å². The quantitative estimate of drug-likeness (QED) is 0.399. The maximum absolute atomic E-state index is 4.42. The molecule has 0 saturated carbocycles. The predicted molar refractivity (Wildman–Crippen MR) is 125 cm³/mol. The topological polar surface area (TPSA) is 73.2 Å². The number of aliphatic imine (C=N–C) groups is 3. The fraction of sp³-hybridized carbons (Fsp3) is 0.750. The Hall–Kier alpha value is -0.785. The van der Waals surface area contributed by atoms with E-state index < -0.39 is 0 Å².